The molecule has 0 spiro atoms. The average Bonchev–Trinajstić information content (AvgIpc) is 3.00. The summed E-state index contributed by atoms with van der Waals surface area (Å²) >= 11 is 0. The van der Waals surface area contributed by atoms with E-state index in [0.717, 1.165) is 12.5 Å². The molecule has 0 saturated heterocycles. The molecule has 1 heterocycles. The molecule has 2 N–H and O–H groups in total. The number of nitrogens with one attached hydrogen (secondary N) is 1. The minimum atomic E-state index is -0.448. The van der Waals surface area contributed by atoms with Crippen molar-refractivity contribution in [2.75, 3.05) is 26.3 Å². The Balaban J connectivity index is 1.43. The van der Waals surface area contributed by atoms with Crippen LogP contribution in [0.4, 0.5) is 0 Å². The van der Waals surface area contributed by atoms with Gasteiger partial charge in [0, 0.05) is 26.1 Å². The van der Waals surface area contributed by atoms with Gasteiger partial charge in [0.1, 0.15) is 0 Å². The van der Waals surface area contributed by atoms with Gasteiger partial charge in [-0.1, -0.05) is 5.16 Å². The summed E-state index contributed by atoms with van der Waals surface area (Å²) in [7, 11) is 0. The molecule has 17 heavy (non-hydrogen) atoms. The highest BCUT2D eigenvalue weighted by atomic mass is 16.5. The maximum absolute atomic E-state index is 9.60. The highest BCUT2D eigenvalue weighted by molar-refractivity contribution is 4.75. The molecule has 1 atom stereocenters. The number of aliphatic hydroxyl groups excluding tert-OH is 1. The molecule has 1 unspecified atom stereocenters. The topological polar surface area (TPSA) is 80.4 Å². The molecular weight excluding hydrogens is 222 g/mol. The van der Waals surface area contributed by atoms with Gasteiger partial charge in [-0.2, -0.15) is 4.98 Å². The average molecular weight is 241 g/mol. The molecular formula is C11H19N3O3. The maximum atomic E-state index is 9.60. The fourth-order valence-electron chi connectivity index (χ4n) is 1.48. The molecule has 0 bridgehead atoms. The van der Waals surface area contributed by atoms with Gasteiger partial charge >= 0.3 is 0 Å². The summed E-state index contributed by atoms with van der Waals surface area (Å²) < 4.78 is 10.2. The van der Waals surface area contributed by atoms with Crippen molar-refractivity contribution in [2.45, 2.75) is 25.4 Å². The van der Waals surface area contributed by atoms with Crippen LogP contribution in [0.15, 0.2) is 10.9 Å². The lowest BCUT2D eigenvalue weighted by Crippen LogP contribution is -2.31. The minimum Gasteiger partial charge on any atom is -0.389 e. The van der Waals surface area contributed by atoms with E-state index in [0.29, 0.717) is 32.0 Å². The standard InChI is InChI=1S/C11H19N3O3/c15-10(7-16-6-9-1-2-9)5-12-4-3-11-13-8-14-17-11/h8-10,12,15H,1-7H2. The van der Waals surface area contributed by atoms with Crippen molar-refractivity contribution in [1.82, 2.24) is 15.5 Å². The third-order valence-corrected chi connectivity index (χ3v) is 2.66. The van der Waals surface area contributed by atoms with Gasteiger partial charge in [0.05, 0.1) is 12.7 Å². The van der Waals surface area contributed by atoms with Gasteiger partial charge in [-0.05, 0) is 18.8 Å². The van der Waals surface area contributed by atoms with Gasteiger partial charge in [-0.25, -0.2) is 0 Å². The van der Waals surface area contributed by atoms with Gasteiger partial charge in [0.15, 0.2) is 6.33 Å². The molecule has 6 nitrogen and oxygen atoms in total. The fraction of sp³-hybridized carbons (Fsp3) is 0.818. The van der Waals surface area contributed by atoms with E-state index in [1.54, 1.807) is 0 Å². The Kier molecular flexibility index (Phi) is 4.90. The summed E-state index contributed by atoms with van der Waals surface area (Å²) in [6.07, 6.45) is 4.17. The molecule has 0 aliphatic heterocycles. The summed E-state index contributed by atoms with van der Waals surface area (Å²) in [5.41, 5.74) is 0. The second-order valence-corrected chi connectivity index (χ2v) is 4.42. The molecule has 1 saturated carbocycles. The zero-order chi connectivity index (χ0) is 11.9. The molecule has 1 fully saturated rings. The minimum absolute atomic E-state index is 0.407. The van der Waals surface area contributed by atoms with Gasteiger partial charge in [-0.15, -0.1) is 0 Å². The lowest BCUT2D eigenvalue weighted by Gasteiger charge is -2.11. The van der Waals surface area contributed by atoms with E-state index in [1.807, 2.05) is 0 Å². The van der Waals surface area contributed by atoms with Crippen LogP contribution in [-0.2, 0) is 11.2 Å². The van der Waals surface area contributed by atoms with Crippen LogP contribution in [0.2, 0.25) is 0 Å². The molecule has 0 aromatic carbocycles. The normalized spacial score (nSPS) is 17.2. The third-order valence-electron chi connectivity index (χ3n) is 2.66. The van der Waals surface area contributed by atoms with Crippen molar-refractivity contribution in [2.24, 2.45) is 5.92 Å². The number of aromatic nitrogens is 2. The first-order chi connectivity index (χ1) is 8.34. The van der Waals surface area contributed by atoms with Gasteiger partial charge in [-0.3, -0.25) is 0 Å². The second kappa shape index (κ2) is 6.68. The molecule has 0 radical (unpaired) electrons. The van der Waals surface area contributed by atoms with Crippen LogP contribution in [0, 0.1) is 5.92 Å². The number of ether oxygens (including phenoxy) is 1. The summed E-state index contributed by atoms with van der Waals surface area (Å²) in [6.45, 7) is 2.43. The summed E-state index contributed by atoms with van der Waals surface area (Å²) in [6, 6.07) is 0. The lowest BCUT2D eigenvalue weighted by molar-refractivity contribution is 0.0326. The van der Waals surface area contributed by atoms with E-state index in [9.17, 15) is 5.11 Å². The summed E-state index contributed by atoms with van der Waals surface area (Å²) in [4.78, 5) is 3.90. The van der Waals surface area contributed by atoms with Crippen molar-refractivity contribution in [1.29, 1.82) is 0 Å². The number of hydrogen-bond donors (Lipinski definition) is 2. The van der Waals surface area contributed by atoms with Crippen molar-refractivity contribution in [3.05, 3.63) is 12.2 Å². The fourth-order valence-corrected chi connectivity index (χ4v) is 1.48. The van der Waals surface area contributed by atoms with Gasteiger partial charge < -0.3 is 19.7 Å². The molecule has 6 heteroatoms. The first-order valence-corrected chi connectivity index (χ1v) is 6.06. The molecule has 1 aliphatic rings. The van der Waals surface area contributed by atoms with E-state index in [4.69, 9.17) is 9.26 Å². The van der Waals surface area contributed by atoms with Crippen LogP contribution in [0.25, 0.3) is 0 Å². The van der Waals surface area contributed by atoms with Crippen molar-refractivity contribution in [3.8, 4) is 0 Å². The van der Waals surface area contributed by atoms with Crippen LogP contribution in [0.5, 0.6) is 0 Å². The first kappa shape index (κ1) is 12.5. The largest absolute Gasteiger partial charge is 0.389 e. The number of nitrogens with zero attached hydrogens (tertiary/aromatic N) is 2. The Hall–Kier alpha value is -0.980. The van der Waals surface area contributed by atoms with Crippen molar-refractivity contribution >= 4 is 0 Å². The Morgan fingerprint density at radius 3 is 3.18 bits per heavy atom. The Morgan fingerprint density at radius 2 is 2.47 bits per heavy atom. The highest BCUT2D eigenvalue weighted by Crippen LogP contribution is 2.28. The van der Waals surface area contributed by atoms with E-state index in [-0.39, 0.29) is 0 Å². The molecule has 96 valence electrons. The van der Waals surface area contributed by atoms with Crippen LogP contribution < -0.4 is 5.32 Å². The first-order valence-electron chi connectivity index (χ1n) is 6.06. The molecule has 1 aliphatic carbocycles. The summed E-state index contributed by atoms with van der Waals surface area (Å²) in [5.74, 6) is 1.35. The van der Waals surface area contributed by atoms with Crippen LogP contribution in [0.3, 0.4) is 0 Å². The smallest absolute Gasteiger partial charge is 0.227 e. The molecule has 1 aromatic rings. The summed E-state index contributed by atoms with van der Waals surface area (Å²) in [5, 5.41) is 16.2. The van der Waals surface area contributed by atoms with Crippen molar-refractivity contribution < 1.29 is 14.4 Å². The second-order valence-electron chi connectivity index (χ2n) is 4.42. The highest BCUT2D eigenvalue weighted by Gasteiger charge is 2.21. The zero-order valence-corrected chi connectivity index (χ0v) is 9.84. The van der Waals surface area contributed by atoms with E-state index in [2.05, 4.69) is 15.5 Å². The SMILES string of the molecule is OC(CNCCc1ncno1)COCC1CC1. The van der Waals surface area contributed by atoms with Crippen LogP contribution in [-0.4, -0.2) is 47.7 Å². The predicted octanol–water partition coefficient (Wildman–Crippen LogP) is -0.0108. The molecule has 2 rings (SSSR count). The van der Waals surface area contributed by atoms with E-state index >= 15 is 0 Å². The lowest BCUT2D eigenvalue weighted by atomic mass is 10.3. The monoisotopic (exact) mass is 241 g/mol. The maximum Gasteiger partial charge on any atom is 0.227 e. The number of hydrogen-bond acceptors (Lipinski definition) is 6. The van der Waals surface area contributed by atoms with Crippen molar-refractivity contribution in [3.63, 3.8) is 0 Å². The Bertz CT molecular complexity index is 301. The number of rotatable bonds is 9. The van der Waals surface area contributed by atoms with Crippen LogP contribution >= 0.6 is 0 Å². The Morgan fingerprint density at radius 1 is 1.59 bits per heavy atom. The van der Waals surface area contributed by atoms with E-state index in [1.165, 1.54) is 19.2 Å². The number of aliphatic hydroxyl groups is 1. The molecule has 0 amide bonds. The van der Waals surface area contributed by atoms with E-state index < -0.39 is 6.10 Å². The Labute approximate surface area is 100 Å². The van der Waals surface area contributed by atoms with Gasteiger partial charge in [0.25, 0.3) is 0 Å². The van der Waals surface area contributed by atoms with Gasteiger partial charge in [0.2, 0.25) is 5.89 Å². The van der Waals surface area contributed by atoms with Crippen LogP contribution in [0.1, 0.15) is 18.7 Å². The quantitative estimate of drug-likeness (QED) is 0.592. The molecule has 1 aromatic heterocycles. The zero-order valence-electron chi connectivity index (χ0n) is 9.84. The third kappa shape index (κ3) is 5.25. The predicted molar refractivity (Wildman–Crippen MR) is 60.4 cm³/mol.